The van der Waals surface area contributed by atoms with Crippen LogP contribution in [0, 0.1) is 0 Å². The molecule has 1 N–H and O–H groups in total. The second-order valence-electron chi connectivity index (χ2n) is 2.81. The molecule has 0 saturated heterocycles. The van der Waals surface area contributed by atoms with Gasteiger partial charge in [0, 0.05) is 16.0 Å². The number of hydrogen-bond acceptors (Lipinski definition) is 2. The Kier molecular flexibility index (Phi) is 5.50. The van der Waals surface area contributed by atoms with E-state index in [0.29, 0.717) is 24.6 Å². The summed E-state index contributed by atoms with van der Waals surface area (Å²) in [5.74, 6) is 0.492. The zero-order valence-electron chi connectivity index (χ0n) is 8.00. The van der Waals surface area contributed by atoms with E-state index in [4.69, 9.17) is 16.3 Å². The van der Waals surface area contributed by atoms with Crippen LogP contribution in [0.3, 0.4) is 0 Å². The summed E-state index contributed by atoms with van der Waals surface area (Å²) >= 11 is 8.75. The molecular weight excluding hydrogens is 281 g/mol. The van der Waals surface area contributed by atoms with Gasteiger partial charge in [0.25, 0.3) is 0 Å². The van der Waals surface area contributed by atoms with Crippen LogP contribution in [0.4, 0.5) is 10.5 Å². The average molecular weight is 293 g/mol. The lowest BCUT2D eigenvalue weighted by molar-refractivity contribution is 0.162. The third kappa shape index (κ3) is 5.04. The highest BCUT2D eigenvalue weighted by molar-refractivity contribution is 9.10. The maximum absolute atomic E-state index is 11.2. The number of rotatable bonds is 4. The fourth-order valence-electron chi connectivity index (χ4n) is 0.907. The Morgan fingerprint density at radius 1 is 1.40 bits per heavy atom. The molecule has 1 rings (SSSR count). The van der Waals surface area contributed by atoms with Crippen LogP contribution in [0.5, 0.6) is 0 Å². The minimum atomic E-state index is -0.456. The van der Waals surface area contributed by atoms with Gasteiger partial charge in [0.1, 0.15) is 0 Å². The SMILES string of the molecule is O=C(Nc1ccc(Br)cc1)OCCCCl. The van der Waals surface area contributed by atoms with Crippen molar-refractivity contribution in [2.75, 3.05) is 17.8 Å². The number of nitrogens with one attached hydrogen (secondary N) is 1. The van der Waals surface area contributed by atoms with Gasteiger partial charge < -0.3 is 4.74 Å². The molecular formula is C10H11BrClNO2. The topological polar surface area (TPSA) is 38.3 Å². The number of anilines is 1. The van der Waals surface area contributed by atoms with Crippen molar-refractivity contribution in [3.63, 3.8) is 0 Å². The largest absolute Gasteiger partial charge is 0.449 e. The molecule has 0 fully saturated rings. The zero-order chi connectivity index (χ0) is 11.1. The predicted molar refractivity (Wildman–Crippen MR) is 64.4 cm³/mol. The molecule has 1 aromatic carbocycles. The summed E-state index contributed by atoms with van der Waals surface area (Å²) in [4.78, 5) is 11.2. The molecule has 3 nitrogen and oxygen atoms in total. The lowest BCUT2D eigenvalue weighted by Crippen LogP contribution is -2.14. The van der Waals surface area contributed by atoms with Gasteiger partial charge in [-0.2, -0.15) is 0 Å². The number of alkyl halides is 1. The minimum absolute atomic E-state index is 0.339. The van der Waals surface area contributed by atoms with E-state index in [1.807, 2.05) is 12.1 Å². The Bertz CT molecular complexity index is 316. The first-order valence-corrected chi connectivity index (χ1v) is 5.80. The summed E-state index contributed by atoms with van der Waals surface area (Å²) in [7, 11) is 0. The molecule has 0 heterocycles. The molecule has 82 valence electrons. The molecule has 0 unspecified atom stereocenters. The smallest absolute Gasteiger partial charge is 0.411 e. The van der Waals surface area contributed by atoms with E-state index in [1.165, 1.54) is 0 Å². The van der Waals surface area contributed by atoms with E-state index in [1.54, 1.807) is 12.1 Å². The Labute approximate surface area is 102 Å². The van der Waals surface area contributed by atoms with Gasteiger partial charge in [-0.05, 0) is 30.7 Å². The molecule has 0 aliphatic heterocycles. The van der Waals surface area contributed by atoms with Gasteiger partial charge in [-0.25, -0.2) is 4.79 Å². The normalized spacial score (nSPS) is 9.73. The zero-order valence-corrected chi connectivity index (χ0v) is 10.3. The lowest BCUT2D eigenvalue weighted by Gasteiger charge is -2.05. The summed E-state index contributed by atoms with van der Waals surface area (Å²) < 4.78 is 5.83. The van der Waals surface area contributed by atoms with Crippen LogP contribution >= 0.6 is 27.5 Å². The second-order valence-corrected chi connectivity index (χ2v) is 4.10. The van der Waals surface area contributed by atoms with Gasteiger partial charge in [-0.3, -0.25) is 5.32 Å². The molecule has 0 aliphatic rings. The van der Waals surface area contributed by atoms with E-state index < -0.39 is 6.09 Å². The summed E-state index contributed by atoms with van der Waals surface area (Å²) in [5.41, 5.74) is 0.703. The molecule has 0 aliphatic carbocycles. The number of benzene rings is 1. The Hall–Kier alpha value is -0.740. The van der Waals surface area contributed by atoms with Crippen molar-refractivity contribution < 1.29 is 9.53 Å². The van der Waals surface area contributed by atoms with Gasteiger partial charge in [0.2, 0.25) is 0 Å². The highest BCUT2D eigenvalue weighted by Crippen LogP contribution is 2.14. The van der Waals surface area contributed by atoms with Gasteiger partial charge in [-0.15, -0.1) is 11.6 Å². The van der Waals surface area contributed by atoms with E-state index in [-0.39, 0.29) is 0 Å². The Morgan fingerprint density at radius 2 is 2.07 bits per heavy atom. The summed E-state index contributed by atoms with van der Waals surface area (Å²) in [6, 6.07) is 7.25. The van der Waals surface area contributed by atoms with E-state index in [2.05, 4.69) is 21.2 Å². The molecule has 0 aromatic heterocycles. The lowest BCUT2D eigenvalue weighted by atomic mass is 10.3. The molecule has 1 amide bonds. The predicted octanol–water partition coefficient (Wildman–Crippen LogP) is 3.63. The number of carbonyl (C=O) groups excluding carboxylic acids is 1. The monoisotopic (exact) mass is 291 g/mol. The highest BCUT2D eigenvalue weighted by atomic mass is 79.9. The third-order valence-corrected chi connectivity index (χ3v) is 2.40. The Balaban J connectivity index is 2.34. The standard InChI is InChI=1S/C10H11BrClNO2/c11-8-2-4-9(5-3-8)13-10(14)15-7-1-6-12/h2-5H,1,6-7H2,(H,13,14). The van der Waals surface area contributed by atoms with Crippen molar-refractivity contribution in [3.8, 4) is 0 Å². The molecule has 0 atom stereocenters. The summed E-state index contributed by atoms with van der Waals surface area (Å²) in [6.07, 6.45) is 0.206. The molecule has 0 bridgehead atoms. The molecule has 5 heteroatoms. The average Bonchev–Trinajstić information content (AvgIpc) is 2.22. The van der Waals surface area contributed by atoms with Gasteiger partial charge in [0.05, 0.1) is 6.61 Å². The van der Waals surface area contributed by atoms with Crippen molar-refractivity contribution in [3.05, 3.63) is 28.7 Å². The highest BCUT2D eigenvalue weighted by Gasteiger charge is 2.01. The Morgan fingerprint density at radius 3 is 2.67 bits per heavy atom. The maximum atomic E-state index is 11.2. The fraction of sp³-hybridized carbons (Fsp3) is 0.300. The van der Waals surface area contributed by atoms with E-state index in [9.17, 15) is 4.79 Å². The maximum Gasteiger partial charge on any atom is 0.411 e. The molecule has 15 heavy (non-hydrogen) atoms. The van der Waals surface area contributed by atoms with Crippen molar-refractivity contribution in [2.45, 2.75) is 6.42 Å². The summed E-state index contributed by atoms with van der Waals surface area (Å²) in [5, 5.41) is 2.60. The van der Waals surface area contributed by atoms with Gasteiger partial charge in [0.15, 0.2) is 0 Å². The van der Waals surface area contributed by atoms with E-state index in [0.717, 1.165) is 4.47 Å². The minimum Gasteiger partial charge on any atom is -0.449 e. The number of halogens is 2. The molecule has 0 radical (unpaired) electrons. The fourth-order valence-corrected chi connectivity index (χ4v) is 1.28. The first-order valence-electron chi connectivity index (χ1n) is 4.47. The van der Waals surface area contributed by atoms with Crippen molar-refractivity contribution >= 4 is 39.3 Å². The van der Waals surface area contributed by atoms with E-state index >= 15 is 0 Å². The second kappa shape index (κ2) is 6.69. The molecule has 1 aromatic rings. The van der Waals surface area contributed by atoms with Crippen LogP contribution in [0.25, 0.3) is 0 Å². The first-order chi connectivity index (χ1) is 7.22. The van der Waals surface area contributed by atoms with Crippen LogP contribution in [-0.2, 0) is 4.74 Å². The number of amides is 1. The van der Waals surface area contributed by atoms with Crippen LogP contribution in [-0.4, -0.2) is 18.6 Å². The number of carbonyl (C=O) groups is 1. The van der Waals surface area contributed by atoms with Crippen LogP contribution < -0.4 is 5.32 Å². The quantitative estimate of drug-likeness (QED) is 0.680. The van der Waals surface area contributed by atoms with Crippen molar-refractivity contribution in [2.24, 2.45) is 0 Å². The number of hydrogen-bond donors (Lipinski definition) is 1. The summed E-state index contributed by atoms with van der Waals surface area (Å²) in [6.45, 7) is 0.339. The van der Waals surface area contributed by atoms with Crippen molar-refractivity contribution in [1.82, 2.24) is 0 Å². The van der Waals surface area contributed by atoms with Gasteiger partial charge in [-0.1, -0.05) is 15.9 Å². The molecule has 0 spiro atoms. The van der Waals surface area contributed by atoms with Crippen LogP contribution in [0.1, 0.15) is 6.42 Å². The first kappa shape index (κ1) is 12.3. The molecule has 0 saturated carbocycles. The van der Waals surface area contributed by atoms with Crippen LogP contribution in [0.15, 0.2) is 28.7 Å². The number of ether oxygens (including phenoxy) is 1. The van der Waals surface area contributed by atoms with Gasteiger partial charge >= 0.3 is 6.09 Å². The van der Waals surface area contributed by atoms with Crippen LogP contribution in [0.2, 0.25) is 0 Å². The van der Waals surface area contributed by atoms with Crippen molar-refractivity contribution in [1.29, 1.82) is 0 Å². The third-order valence-electron chi connectivity index (χ3n) is 1.60.